The van der Waals surface area contributed by atoms with Crippen LogP contribution in [-0.2, 0) is 4.74 Å². The molecule has 2 unspecified atom stereocenters. The van der Waals surface area contributed by atoms with Gasteiger partial charge in [0.05, 0.1) is 18.3 Å². The highest BCUT2D eigenvalue weighted by molar-refractivity contribution is 4.97. The van der Waals surface area contributed by atoms with Crippen molar-refractivity contribution >= 4 is 0 Å². The molecule has 3 nitrogen and oxygen atoms in total. The van der Waals surface area contributed by atoms with Gasteiger partial charge in [0, 0.05) is 19.1 Å². The molecule has 3 fully saturated rings. The minimum atomic E-state index is -0.0935. The number of nitrogens with zero attached hydrogens (tertiary/aromatic N) is 1. The molecule has 1 N–H and O–H groups in total. The molecule has 0 aromatic rings. The maximum absolute atomic E-state index is 10.1. The summed E-state index contributed by atoms with van der Waals surface area (Å²) >= 11 is 0. The number of hydrogen-bond acceptors (Lipinski definition) is 3. The fourth-order valence-corrected chi connectivity index (χ4v) is 3.55. The number of rotatable bonds is 1. The lowest BCUT2D eigenvalue weighted by Gasteiger charge is -2.51. The van der Waals surface area contributed by atoms with Gasteiger partial charge in [-0.1, -0.05) is 12.8 Å². The summed E-state index contributed by atoms with van der Waals surface area (Å²) in [5, 5.41) is 10.1. The summed E-state index contributed by atoms with van der Waals surface area (Å²) in [7, 11) is 0. The van der Waals surface area contributed by atoms with Gasteiger partial charge in [-0.15, -0.1) is 0 Å². The molecule has 2 saturated carbocycles. The lowest BCUT2D eigenvalue weighted by Crippen LogP contribution is -2.60. The topological polar surface area (TPSA) is 32.7 Å². The molecule has 0 aromatic carbocycles. The Bertz CT molecular complexity index is 252. The third-order valence-corrected chi connectivity index (χ3v) is 4.71. The van der Waals surface area contributed by atoms with E-state index in [-0.39, 0.29) is 11.7 Å². The summed E-state index contributed by atoms with van der Waals surface area (Å²) in [4.78, 5) is 2.51. The maximum Gasteiger partial charge on any atom is 0.0809 e. The van der Waals surface area contributed by atoms with E-state index in [1.165, 1.54) is 38.5 Å². The van der Waals surface area contributed by atoms with Crippen molar-refractivity contribution < 1.29 is 9.84 Å². The van der Waals surface area contributed by atoms with Crippen LogP contribution in [0.2, 0.25) is 0 Å². The summed E-state index contributed by atoms with van der Waals surface area (Å²) < 4.78 is 5.93. The van der Waals surface area contributed by atoms with E-state index in [1.54, 1.807) is 0 Å². The Hall–Kier alpha value is -0.120. The predicted octanol–water partition coefficient (Wildman–Crippen LogP) is 1.54. The molecule has 3 rings (SSSR count). The van der Waals surface area contributed by atoms with Crippen LogP contribution >= 0.6 is 0 Å². The Morgan fingerprint density at radius 3 is 2.62 bits per heavy atom. The molecular weight excluding hydrogens is 202 g/mol. The first-order valence-corrected chi connectivity index (χ1v) is 6.85. The summed E-state index contributed by atoms with van der Waals surface area (Å²) in [6.07, 6.45) is 8.34. The van der Waals surface area contributed by atoms with Crippen molar-refractivity contribution in [2.75, 3.05) is 19.7 Å². The number of hydrogen-bond donors (Lipinski definition) is 1. The molecule has 16 heavy (non-hydrogen) atoms. The number of aliphatic hydroxyl groups excluding tert-OH is 1. The fraction of sp³-hybridized carbons (Fsp3) is 1.00. The molecule has 2 aliphatic carbocycles. The largest absolute Gasteiger partial charge is 0.391 e. The van der Waals surface area contributed by atoms with Gasteiger partial charge in [0.25, 0.3) is 0 Å². The van der Waals surface area contributed by atoms with Gasteiger partial charge >= 0.3 is 0 Å². The summed E-state index contributed by atoms with van der Waals surface area (Å²) in [5.41, 5.74) is 0.176. The lowest BCUT2D eigenvalue weighted by atomic mass is 9.78. The van der Waals surface area contributed by atoms with Gasteiger partial charge < -0.3 is 9.84 Å². The van der Waals surface area contributed by atoms with Gasteiger partial charge in [-0.3, -0.25) is 4.90 Å². The van der Waals surface area contributed by atoms with Crippen LogP contribution in [0.5, 0.6) is 0 Å². The first kappa shape index (κ1) is 11.0. The van der Waals surface area contributed by atoms with Crippen molar-refractivity contribution in [3.63, 3.8) is 0 Å². The lowest BCUT2D eigenvalue weighted by molar-refractivity contribution is -0.168. The average molecular weight is 225 g/mol. The monoisotopic (exact) mass is 225 g/mol. The SMILES string of the molecule is OC1CCCCC1N1CCOC2(CCC2)C1. The van der Waals surface area contributed by atoms with Crippen LogP contribution in [0.4, 0.5) is 0 Å². The Labute approximate surface area is 97.8 Å². The Morgan fingerprint density at radius 1 is 1.12 bits per heavy atom. The molecule has 1 spiro atoms. The van der Waals surface area contributed by atoms with Crippen LogP contribution < -0.4 is 0 Å². The van der Waals surface area contributed by atoms with Crippen LogP contribution in [0.3, 0.4) is 0 Å². The molecule has 3 aliphatic rings. The van der Waals surface area contributed by atoms with Gasteiger partial charge in [0.2, 0.25) is 0 Å². The second-order valence-corrected chi connectivity index (χ2v) is 5.77. The van der Waals surface area contributed by atoms with Crippen LogP contribution in [0, 0.1) is 0 Å². The van der Waals surface area contributed by atoms with Gasteiger partial charge in [-0.05, 0) is 32.1 Å². The van der Waals surface area contributed by atoms with Crippen molar-refractivity contribution in [3.8, 4) is 0 Å². The standard InChI is InChI=1S/C13H23NO2/c15-12-5-2-1-4-11(12)14-8-9-16-13(10-14)6-3-7-13/h11-12,15H,1-10H2. The fourth-order valence-electron chi connectivity index (χ4n) is 3.55. The highest BCUT2D eigenvalue weighted by Crippen LogP contribution is 2.39. The minimum Gasteiger partial charge on any atom is -0.391 e. The molecule has 0 amide bonds. The molecule has 0 aromatic heterocycles. The normalized spacial score (nSPS) is 39.6. The molecule has 92 valence electrons. The van der Waals surface area contributed by atoms with E-state index in [2.05, 4.69) is 4.90 Å². The zero-order valence-electron chi connectivity index (χ0n) is 10.0. The summed E-state index contributed by atoms with van der Waals surface area (Å²) in [5.74, 6) is 0. The van der Waals surface area contributed by atoms with Crippen molar-refractivity contribution in [1.82, 2.24) is 4.90 Å². The van der Waals surface area contributed by atoms with Crippen molar-refractivity contribution in [3.05, 3.63) is 0 Å². The molecule has 2 atom stereocenters. The van der Waals surface area contributed by atoms with E-state index >= 15 is 0 Å². The van der Waals surface area contributed by atoms with E-state index in [9.17, 15) is 5.11 Å². The first-order chi connectivity index (χ1) is 7.79. The molecule has 0 radical (unpaired) electrons. The van der Waals surface area contributed by atoms with E-state index in [4.69, 9.17) is 4.74 Å². The van der Waals surface area contributed by atoms with Gasteiger partial charge in [0.1, 0.15) is 0 Å². The molecular formula is C13H23NO2. The van der Waals surface area contributed by atoms with Crippen molar-refractivity contribution in [2.24, 2.45) is 0 Å². The second kappa shape index (κ2) is 4.28. The number of morpholine rings is 1. The predicted molar refractivity (Wildman–Crippen MR) is 62.4 cm³/mol. The van der Waals surface area contributed by atoms with Crippen molar-refractivity contribution in [2.45, 2.75) is 62.7 Å². The Morgan fingerprint density at radius 2 is 1.94 bits per heavy atom. The van der Waals surface area contributed by atoms with Crippen LogP contribution in [-0.4, -0.2) is 47.4 Å². The van der Waals surface area contributed by atoms with E-state index in [1.807, 2.05) is 0 Å². The van der Waals surface area contributed by atoms with Gasteiger partial charge in [0.15, 0.2) is 0 Å². The molecule has 0 bridgehead atoms. The number of ether oxygens (including phenoxy) is 1. The smallest absolute Gasteiger partial charge is 0.0809 e. The quantitative estimate of drug-likeness (QED) is 0.735. The first-order valence-electron chi connectivity index (χ1n) is 6.85. The maximum atomic E-state index is 10.1. The Kier molecular flexibility index (Phi) is 2.94. The molecule has 3 heteroatoms. The van der Waals surface area contributed by atoms with Crippen LogP contribution in [0.15, 0.2) is 0 Å². The zero-order valence-corrected chi connectivity index (χ0v) is 10.0. The number of aliphatic hydroxyl groups is 1. The summed E-state index contributed by atoms with van der Waals surface area (Å²) in [6, 6.07) is 0.412. The third-order valence-electron chi connectivity index (χ3n) is 4.71. The van der Waals surface area contributed by atoms with E-state index in [0.717, 1.165) is 26.1 Å². The third kappa shape index (κ3) is 1.89. The molecule has 1 heterocycles. The van der Waals surface area contributed by atoms with Crippen LogP contribution in [0.1, 0.15) is 44.9 Å². The highest BCUT2D eigenvalue weighted by Gasteiger charge is 2.44. The summed E-state index contributed by atoms with van der Waals surface area (Å²) in [6.45, 7) is 2.95. The Balaban J connectivity index is 1.64. The average Bonchev–Trinajstić information content (AvgIpc) is 2.28. The molecule has 1 aliphatic heterocycles. The van der Waals surface area contributed by atoms with Crippen molar-refractivity contribution in [1.29, 1.82) is 0 Å². The van der Waals surface area contributed by atoms with E-state index in [0.29, 0.717) is 6.04 Å². The van der Waals surface area contributed by atoms with Gasteiger partial charge in [-0.2, -0.15) is 0 Å². The second-order valence-electron chi connectivity index (χ2n) is 5.77. The molecule has 1 saturated heterocycles. The zero-order chi connectivity index (χ0) is 11.0. The minimum absolute atomic E-state index is 0.0935. The van der Waals surface area contributed by atoms with Crippen LogP contribution in [0.25, 0.3) is 0 Å². The highest BCUT2D eigenvalue weighted by atomic mass is 16.5. The van der Waals surface area contributed by atoms with E-state index < -0.39 is 0 Å². The van der Waals surface area contributed by atoms with Gasteiger partial charge in [-0.25, -0.2) is 0 Å².